The van der Waals surface area contributed by atoms with E-state index in [-0.39, 0.29) is 30.1 Å². The number of nitrogens with one attached hydrogen (secondary N) is 2. The standard InChI is InChI=1S/C25H32N4O3/c1-26-24(30)23-16-22(32-21-10-6-3-7-11-21)18-29(23)20-12-14-28(15-13-20)25(31)27-17-19-8-4-2-5-9-19/h2-11,20,22-23H,12-18H2,1H3,(H,26,30)(H,27,31)/t22-,23-/m0/s1. The van der Waals surface area contributed by atoms with Gasteiger partial charge in [0.2, 0.25) is 5.91 Å². The first-order valence-corrected chi connectivity index (χ1v) is 11.4. The van der Waals surface area contributed by atoms with E-state index in [1.54, 1.807) is 7.05 Å². The molecular weight excluding hydrogens is 404 g/mol. The molecule has 2 heterocycles. The number of nitrogens with zero attached hydrogens (tertiary/aromatic N) is 2. The molecule has 2 aliphatic rings. The third-order valence-corrected chi connectivity index (χ3v) is 6.40. The molecular formula is C25H32N4O3. The van der Waals surface area contributed by atoms with E-state index >= 15 is 0 Å². The maximum Gasteiger partial charge on any atom is 0.317 e. The average Bonchev–Trinajstić information content (AvgIpc) is 3.27. The number of likely N-dealkylation sites (tertiary alicyclic amines) is 2. The van der Waals surface area contributed by atoms with Crippen LogP contribution in [-0.4, -0.2) is 66.6 Å². The van der Waals surface area contributed by atoms with Crippen LogP contribution in [0.3, 0.4) is 0 Å². The van der Waals surface area contributed by atoms with Crippen molar-refractivity contribution in [3.63, 3.8) is 0 Å². The number of carbonyl (C=O) groups is 2. The molecule has 2 aromatic carbocycles. The van der Waals surface area contributed by atoms with E-state index in [0.29, 0.717) is 26.1 Å². The van der Waals surface area contributed by atoms with Gasteiger partial charge in [0.05, 0.1) is 6.04 Å². The van der Waals surface area contributed by atoms with E-state index < -0.39 is 0 Å². The van der Waals surface area contributed by atoms with E-state index in [9.17, 15) is 9.59 Å². The molecule has 2 aromatic rings. The Bertz CT molecular complexity index is 885. The maximum absolute atomic E-state index is 12.6. The molecule has 32 heavy (non-hydrogen) atoms. The molecule has 2 saturated heterocycles. The van der Waals surface area contributed by atoms with Crippen molar-refractivity contribution in [1.29, 1.82) is 0 Å². The number of hydrogen-bond acceptors (Lipinski definition) is 4. The summed E-state index contributed by atoms with van der Waals surface area (Å²) in [5.74, 6) is 0.868. The molecule has 2 aliphatic heterocycles. The lowest BCUT2D eigenvalue weighted by Crippen LogP contribution is -2.53. The smallest absolute Gasteiger partial charge is 0.317 e. The minimum Gasteiger partial charge on any atom is -0.489 e. The summed E-state index contributed by atoms with van der Waals surface area (Å²) in [4.78, 5) is 29.3. The molecule has 2 fully saturated rings. The van der Waals surface area contributed by atoms with Crippen LogP contribution in [0.25, 0.3) is 0 Å². The lowest BCUT2D eigenvalue weighted by atomic mass is 10.0. The van der Waals surface area contributed by atoms with Crippen LogP contribution in [0, 0.1) is 0 Å². The number of urea groups is 1. The van der Waals surface area contributed by atoms with Crippen LogP contribution in [0.2, 0.25) is 0 Å². The van der Waals surface area contributed by atoms with Gasteiger partial charge in [-0.3, -0.25) is 9.69 Å². The van der Waals surface area contributed by atoms with Crippen molar-refractivity contribution in [3.8, 4) is 5.75 Å². The van der Waals surface area contributed by atoms with Crippen molar-refractivity contribution in [2.24, 2.45) is 0 Å². The van der Waals surface area contributed by atoms with Gasteiger partial charge in [-0.15, -0.1) is 0 Å². The molecule has 4 rings (SSSR count). The van der Waals surface area contributed by atoms with Gasteiger partial charge in [-0.05, 0) is 30.5 Å². The minimum atomic E-state index is -0.197. The Balaban J connectivity index is 1.31. The van der Waals surface area contributed by atoms with Gasteiger partial charge in [-0.25, -0.2) is 4.79 Å². The SMILES string of the molecule is CNC(=O)[C@@H]1C[C@H](Oc2ccccc2)CN1C1CCN(C(=O)NCc2ccccc2)CC1. The fraction of sp³-hybridized carbons (Fsp3) is 0.440. The third-order valence-electron chi connectivity index (χ3n) is 6.40. The number of likely N-dealkylation sites (N-methyl/N-ethyl adjacent to an activating group) is 1. The van der Waals surface area contributed by atoms with Gasteiger partial charge < -0.3 is 20.3 Å². The molecule has 0 unspecified atom stereocenters. The Morgan fingerprint density at radius 1 is 1.00 bits per heavy atom. The van der Waals surface area contributed by atoms with E-state index in [2.05, 4.69) is 15.5 Å². The summed E-state index contributed by atoms with van der Waals surface area (Å²) >= 11 is 0. The lowest BCUT2D eigenvalue weighted by molar-refractivity contribution is -0.126. The highest BCUT2D eigenvalue weighted by Crippen LogP contribution is 2.29. The minimum absolute atomic E-state index is 0.0214. The van der Waals surface area contributed by atoms with Gasteiger partial charge in [0.1, 0.15) is 11.9 Å². The number of carbonyl (C=O) groups excluding carboxylic acids is 2. The van der Waals surface area contributed by atoms with Crippen molar-refractivity contribution in [1.82, 2.24) is 20.4 Å². The van der Waals surface area contributed by atoms with Crippen LogP contribution in [0.15, 0.2) is 60.7 Å². The van der Waals surface area contributed by atoms with Gasteiger partial charge in [0.15, 0.2) is 0 Å². The molecule has 7 nitrogen and oxygen atoms in total. The van der Waals surface area contributed by atoms with Crippen LogP contribution >= 0.6 is 0 Å². The fourth-order valence-corrected chi connectivity index (χ4v) is 4.71. The second-order valence-corrected chi connectivity index (χ2v) is 8.48. The first kappa shape index (κ1) is 22.1. The lowest BCUT2D eigenvalue weighted by Gasteiger charge is -2.38. The number of piperidine rings is 1. The quantitative estimate of drug-likeness (QED) is 0.730. The molecule has 0 bridgehead atoms. The Morgan fingerprint density at radius 2 is 1.66 bits per heavy atom. The van der Waals surface area contributed by atoms with E-state index in [1.165, 1.54) is 0 Å². The zero-order valence-corrected chi connectivity index (χ0v) is 18.6. The molecule has 2 atom stereocenters. The summed E-state index contributed by atoms with van der Waals surface area (Å²) in [5, 5.41) is 5.82. The second kappa shape index (κ2) is 10.5. The predicted molar refractivity (Wildman–Crippen MR) is 123 cm³/mol. The molecule has 0 saturated carbocycles. The van der Waals surface area contributed by atoms with Crippen LogP contribution in [-0.2, 0) is 11.3 Å². The average molecular weight is 437 g/mol. The van der Waals surface area contributed by atoms with Crippen molar-refractivity contribution < 1.29 is 14.3 Å². The first-order chi connectivity index (χ1) is 15.6. The zero-order valence-electron chi connectivity index (χ0n) is 18.6. The summed E-state index contributed by atoms with van der Waals surface area (Å²) in [6, 6.07) is 19.7. The third kappa shape index (κ3) is 5.40. The highest BCUT2D eigenvalue weighted by molar-refractivity contribution is 5.82. The largest absolute Gasteiger partial charge is 0.489 e. The van der Waals surface area contributed by atoms with Crippen molar-refractivity contribution >= 4 is 11.9 Å². The van der Waals surface area contributed by atoms with Gasteiger partial charge >= 0.3 is 6.03 Å². The molecule has 0 spiro atoms. The topological polar surface area (TPSA) is 73.9 Å². The second-order valence-electron chi connectivity index (χ2n) is 8.48. The molecule has 0 aromatic heterocycles. The monoisotopic (exact) mass is 436 g/mol. The number of benzene rings is 2. The van der Waals surface area contributed by atoms with Crippen molar-refractivity contribution in [2.45, 2.75) is 44.0 Å². The van der Waals surface area contributed by atoms with Crippen LogP contribution in [0.1, 0.15) is 24.8 Å². The molecule has 2 N–H and O–H groups in total. The van der Waals surface area contributed by atoms with E-state index in [1.807, 2.05) is 65.6 Å². The van der Waals surface area contributed by atoms with Crippen LogP contribution in [0.4, 0.5) is 4.79 Å². The van der Waals surface area contributed by atoms with Crippen LogP contribution in [0.5, 0.6) is 5.75 Å². The van der Waals surface area contributed by atoms with Crippen molar-refractivity contribution in [2.75, 3.05) is 26.7 Å². The first-order valence-electron chi connectivity index (χ1n) is 11.4. The highest BCUT2D eigenvalue weighted by atomic mass is 16.5. The molecule has 3 amide bonds. The Labute approximate surface area is 189 Å². The summed E-state index contributed by atoms with van der Waals surface area (Å²) in [6.07, 6.45) is 2.35. The zero-order chi connectivity index (χ0) is 22.3. The van der Waals surface area contributed by atoms with E-state index in [4.69, 9.17) is 4.74 Å². The summed E-state index contributed by atoms with van der Waals surface area (Å²) in [7, 11) is 1.69. The number of para-hydroxylation sites is 1. The Kier molecular flexibility index (Phi) is 7.27. The Hall–Kier alpha value is -3.06. The Morgan fingerprint density at radius 3 is 2.31 bits per heavy atom. The van der Waals surface area contributed by atoms with Gasteiger partial charge in [-0.2, -0.15) is 0 Å². The van der Waals surface area contributed by atoms with Gasteiger partial charge in [0.25, 0.3) is 0 Å². The fourth-order valence-electron chi connectivity index (χ4n) is 4.71. The number of hydrogen-bond donors (Lipinski definition) is 2. The molecule has 0 aliphatic carbocycles. The molecule has 0 radical (unpaired) electrons. The summed E-state index contributed by atoms with van der Waals surface area (Å²) < 4.78 is 6.16. The van der Waals surface area contributed by atoms with Crippen molar-refractivity contribution in [3.05, 3.63) is 66.2 Å². The molecule has 7 heteroatoms. The molecule has 170 valence electrons. The predicted octanol–water partition coefficient (Wildman–Crippen LogP) is 2.63. The highest BCUT2D eigenvalue weighted by Gasteiger charge is 2.42. The van der Waals surface area contributed by atoms with Gasteiger partial charge in [0, 0.05) is 45.7 Å². The van der Waals surface area contributed by atoms with Gasteiger partial charge in [-0.1, -0.05) is 48.5 Å². The maximum atomic E-state index is 12.6. The number of ether oxygens (including phenoxy) is 1. The summed E-state index contributed by atoms with van der Waals surface area (Å²) in [5.41, 5.74) is 1.09. The number of rotatable bonds is 6. The normalized spacial score (nSPS) is 21.8. The summed E-state index contributed by atoms with van der Waals surface area (Å²) in [6.45, 7) is 2.62. The number of amides is 3. The van der Waals surface area contributed by atoms with Crippen LogP contribution < -0.4 is 15.4 Å². The van der Waals surface area contributed by atoms with E-state index in [0.717, 1.165) is 30.7 Å².